The average molecular weight is 402 g/mol. The SMILES string of the molecule is CC1(C)CN(C(=O)c2cn[nH]n2)CCN1S(=O)(=O)c1cccc(Cl)c1F. The molecule has 1 aliphatic rings. The normalized spacial score (nSPS) is 18.1. The molecule has 140 valence electrons. The number of hydrogen-bond donors (Lipinski definition) is 1. The van der Waals surface area contributed by atoms with Gasteiger partial charge in [0.05, 0.1) is 11.2 Å². The van der Waals surface area contributed by atoms with E-state index in [9.17, 15) is 17.6 Å². The molecular formula is C15H17ClFN5O3S. The van der Waals surface area contributed by atoms with Gasteiger partial charge in [-0.25, -0.2) is 12.8 Å². The van der Waals surface area contributed by atoms with Gasteiger partial charge in [-0.2, -0.15) is 19.7 Å². The molecule has 0 aliphatic carbocycles. The van der Waals surface area contributed by atoms with Gasteiger partial charge in [-0.15, -0.1) is 0 Å². The molecule has 0 atom stereocenters. The molecule has 8 nitrogen and oxygen atoms in total. The number of aromatic amines is 1. The highest BCUT2D eigenvalue weighted by molar-refractivity contribution is 7.89. The molecule has 1 aliphatic heterocycles. The quantitative estimate of drug-likeness (QED) is 0.840. The van der Waals surface area contributed by atoms with Crippen molar-refractivity contribution in [1.29, 1.82) is 0 Å². The van der Waals surface area contributed by atoms with Gasteiger partial charge >= 0.3 is 0 Å². The zero-order chi connectivity index (χ0) is 19.1. The van der Waals surface area contributed by atoms with Crippen molar-refractivity contribution in [2.75, 3.05) is 19.6 Å². The maximum absolute atomic E-state index is 14.3. The number of aromatic nitrogens is 3. The molecule has 0 radical (unpaired) electrons. The summed E-state index contributed by atoms with van der Waals surface area (Å²) in [5.74, 6) is -1.33. The first-order valence-electron chi connectivity index (χ1n) is 7.76. The average Bonchev–Trinajstić information content (AvgIpc) is 3.09. The van der Waals surface area contributed by atoms with Gasteiger partial charge in [-0.3, -0.25) is 4.79 Å². The smallest absolute Gasteiger partial charge is 0.276 e. The van der Waals surface area contributed by atoms with Crippen molar-refractivity contribution < 1.29 is 17.6 Å². The van der Waals surface area contributed by atoms with Crippen molar-refractivity contribution in [1.82, 2.24) is 24.6 Å². The molecule has 1 amide bonds. The Labute approximate surface area is 155 Å². The number of hydrogen-bond acceptors (Lipinski definition) is 5. The first kappa shape index (κ1) is 18.7. The Morgan fingerprint density at radius 3 is 2.69 bits per heavy atom. The number of carbonyl (C=O) groups excluding carboxylic acids is 1. The molecule has 1 N–H and O–H groups in total. The zero-order valence-corrected chi connectivity index (χ0v) is 15.7. The van der Waals surface area contributed by atoms with Crippen LogP contribution < -0.4 is 0 Å². The van der Waals surface area contributed by atoms with Gasteiger partial charge in [-0.1, -0.05) is 17.7 Å². The number of rotatable bonds is 3. The van der Waals surface area contributed by atoms with Crippen LogP contribution in [0.1, 0.15) is 24.3 Å². The largest absolute Gasteiger partial charge is 0.334 e. The fourth-order valence-electron chi connectivity index (χ4n) is 3.03. The lowest BCUT2D eigenvalue weighted by Crippen LogP contribution is -2.62. The monoisotopic (exact) mass is 401 g/mol. The molecule has 26 heavy (non-hydrogen) atoms. The summed E-state index contributed by atoms with van der Waals surface area (Å²) in [6, 6.07) is 3.85. The number of nitrogens with one attached hydrogen (secondary N) is 1. The third kappa shape index (κ3) is 3.19. The topological polar surface area (TPSA) is 99.3 Å². The second kappa shape index (κ2) is 6.60. The van der Waals surface area contributed by atoms with Crippen molar-refractivity contribution >= 4 is 27.5 Å². The standard InChI is InChI=1S/C15H17ClFN5O3S/c1-15(2)9-21(14(23)11-8-18-20-19-11)6-7-22(15)26(24,25)12-5-3-4-10(16)13(12)17/h3-5,8H,6-7,9H2,1-2H3,(H,18,19,20). The van der Waals surface area contributed by atoms with Crippen molar-refractivity contribution in [3.05, 3.63) is 40.9 Å². The van der Waals surface area contributed by atoms with Gasteiger partial charge in [0.2, 0.25) is 10.0 Å². The third-order valence-corrected chi connectivity index (χ3v) is 6.65. The lowest BCUT2D eigenvalue weighted by atomic mass is 10.0. The van der Waals surface area contributed by atoms with Crippen LogP contribution in [0, 0.1) is 5.82 Å². The van der Waals surface area contributed by atoms with Crippen molar-refractivity contribution in [2.24, 2.45) is 0 Å². The molecule has 2 aromatic rings. The second-order valence-electron chi connectivity index (χ2n) is 6.52. The summed E-state index contributed by atoms with van der Waals surface area (Å²) in [7, 11) is -4.12. The van der Waals surface area contributed by atoms with Crippen LogP contribution in [-0.4, -0.2) is 64.1 Å². The van der Waals surface area contributed by atoms with E-state index in [0.29, 0.717) is 0 Å². The number of nitrogens with zero attached hydrogens (tertiary/aromatic N) is 4. The van der Waals surface area contributed by atoms with E-state index in [4.69, 9.17) is 11.6 Å². The zero-order valence-electron chi connectivity index (χ0n) is 14.1. The van der Waals surface area contributed by atoms with Crippen LogP contribution in [0.4, 0.5) is 4.39 Å². The molecule has 1 aromatic heterocycles. The van der Waals surface area contributed by atoms with Crippen LogP contribution in [0.2, 0.25) is 5.02 Å². The summed E-state index contributed by atoms with van der Waals surface area (Å²) in [5, 5.41) is 9.46. The van der Waals surface area contributed by atoms with Crippen molar-refractivity contribution in [3.63, 3.8) is 0 Å². The first-order valence-corrected chi connectivity index (χ1v) is 9.58. The van der Waals surface area contributed by atoms with Crippen LogP contribution in [0.5, 0.6) is 0 Å². The van der Waals surface area contributed by atoms with E-state index < -0.39 is 26.3 Å². The van der Waals surface area contributed by atoms with Crippen molar-refractivity contribution in [3.8, 4) is 0 Å². The van der Waals surface area contributed by atoms with E-state index in [1.807, 2.05) is 0 Å². The summed E-state index contributed by atoms with van der Waals surface area (Å²) in [6.45, 7) is 3.64. The predicted octanol–water partition coefficient (Wildman–Crippen LogP) is 1.52. The summed E-state index contributed by atoms with van der Waals surface area (Å²) >= 11 is 5.72. The highest BCUT2D eigenvalue weighted by Gasteiger charge is 2.44. The van der Waals surface area contributed by atoms with Crippen LogP contribution in [0.25, 0.3) is 0 Å². The van der Waals surface area contributed by atoms with Gasteiger partial charge in [0.25, 0.3) is 5.91 Å². The van der Waals surface area contributed by atoms with Crippen LogP contribution in [0.3, 0.4) is 0 Å². The maximum atomic E-state index is 14.3. The highest BCUT2D eigenvalue weighted by atomic mass is 35.5. The van der Waals surface area contributed by atoms with E-state index >= 15 is 0 Å². The van der Waals surface area contributed by atoms with Crippen LogP contribution in [0.15, 0.2) is 29.3 Å². The lowest BCUT2D eigenvalue weighted by molar-refractivity contribution is 0.0489. The predicted molar refractivity (Wildman–Crippen MR) is 91.7 cm³/mol. The molecule has 0 unspecified atom stereocenters. The maximum Gasteiger partial charge on any atom is 0.276 e. The molecule has 3 rings (SSSR count). The fourth-order valence-corrected chi connectivity index (χ4v) is 5.11. The molecule has 0 spiro atoms. The van der Waals surface area contributed by atoms with E-state index in [1.165, 1.54) is 33.6 Å². The van der Waals surface area contributed by atoms with Gasteiger partial charge in [0, 0.05) is 25.2 Å². The van der Waals surface area contributed by atoms with Gasteiger partial charge in [0.15, 0.2) is 11.5 Å². The summed E-state index contributed by atoms with van der Waals surface area (Å²) < 4.78 is 41.4. The Hall–Kier alpha value is -2.04. The third-order valence-electron chi connectivity index (χ3n) is 4.23. The summed E-state index contributed by atoms with van der Waals surface area (Å²) in [5.41, 5.74) is -0.802. The minimum atomic E-state index is -4.12. The van der Waals surface area contributed by atoms with E-state index in [-0.39, 0.29) is 36.3 Å². The molecular weight excluding hydrogens is 385 g/mol. The number of piperazine rings is 1. The van der Waals surface area contributed by atoms with Gasteiger partial charge < -0.3 is 4.90 Å². The number of carbonyl (C=O) groups is 1. The minimum absolute atomic E-state index is 0.0187. The molecule has 2 heterocycles. The van der Waals surface area contributed by atoms with E-state index in [0.717, 1.165) is 0 Å². The van der Waals surface area contributed by atoms with Crippen molar-refractivity contribution in [2.45, 2.75) is 24.3 Å². The lowest BCUT2D eigenvalue weighted by Gasteiger charge is -2.45. The van der Waals surface area contributed by atoms with Gasteiger partial charge in [-0.05, 0) is 26.0 Å². The van der Waals surface area contributed by atoms with E-state index in [1.54, 1.807) is 13.8 Å². The number of sulfonamides is 1. The fraction of sp³-hybridized carbons (Fsp3) is 0.400. The highest BCUT2D eigenvalue weighted by Crippen LogP contribution is 2.31. The number of amides is 1. The van der Waals surface area contributed by atoms with Crippen LogP contribution >= 0.6 is 11.6 Å². The Morgan fingerprint density at radius 1 is 1.35 bits per heavy atom. The summed E-state index contributed by atoms with van der Waals surface area (Å²) in [4.78, 5) is 13.5. The minimum Gasteiger partial charge on any atom is -0.334 e. The Kier molecular flexibility index (Phi) is 4.76. The molecule has 1 saturated heterocycles. The Morgan fingerprint density at radius 2 is 2.08 bits per heavy atom. The second-order valence-corrected chi connectivity index (χ2v) is 8.76. The number of benzene rings is 1. The molecule has 1 fully saturated rings. The van der Waals surface area contributed by atoms with Gasteiger partial charge in [0.1, 0.15) is 4.90 Å². The molecule has 0 saturated carbocycles. The molecule has 0 bridgehead atoms. The Balaban J connectivity index is 1.89. The van der Waals surface area contributed by atoms with E-state index in [2.05, 4.69) is 15.4 Å². The Bertz CT molecular complexity index is 933. The molecule has 11 heteroatoms. The number of H-pyrrole nitrogens is 1. The molecule has 1 aromatic carbocycles. The number of halogens is 2. The van der Waals surface area contributed by atoms with Crippen LogP contribution in [-0.2, 0) is 10.0 Å². The first-order chi connectivity index (χ1) is 12.1. The summed E-state index contributed by atoms with van der Waals surface area (Å²) in [6.07, 6.45) is 1.31.